The quantitative estimate of drug-likeness (QED) is 0.280. The molecule has 0 aliphatic heterocycles. The molecule has 3 rings (SSSR count). The molecule has 8 nitrogen and oxygen atoms in total. The largest absolute Gasteiger partial charge is 0.483 e. The van der Waals surface area contributed by atoms with Gasteiger partial charge in [0.2, 0.25) is 0 Å². The normalized spacial score (nSPS) is 18.5. The van der Waals surface area contributed by atoms with Crippen LogP contribution in [0.2, 0.25) is 5.02 Å². The fraction of sp³-hybridized carbons (Fsp3) is 0.368. The first kappa shape index (κ1) is 27.8. The molecule has 0 radical (unpaired) electrons. The number of alkyl halides is 3. The van der Waals surface area contributed by atoms with Gasteiger partial charge in [-0.25, -0.2) is 17.8 Å². The summed E-state index contributed by atoms with van der Waals surface area (Å²) in [5.74, 6) is -1.10. The monoisotopic (exact) mass is 544 g/mol. The SMILES string of the molecule is CN(C)[C@@H]1CC=C(C(F)(F)F)C[C@H]1Nc1cc(F)c(S(=O)(=O)Nc2nccs2)cc1Cl.O=CO. The molecular formula is C19H21ClF4N4O4S2. The van der Waals surface area contributed by atoms with Crippen molar-refractivity contribution in [2.24, 2.45) is 0 Å². The molecule has 0 bridgehead atoms. The van der Waals surface area contributed by atoms with E-state index in [9.17, 15) is 26.0 Å². The molecule has 1 heterocycles. The van der Waals surface area contributed by atoms with E-state index in [-0.39, 0.29) is 41.2 Å². The number of anilines is 2. The summed E-state index contributed by atoms with van der Waals surface area (Å²) in [6, 6.07) is 0.768. The van der Waals surface area contributed by atoms with Crippen LogP contribution in [-0.2, 0) is 14.8 Å². The zero-order valence-corrected chi connectivity index (χ0v) is 20.2. The molecule has 0 spiro atoms. The molecule has 0 amide bonds. The van der Waals surface area contributed by atoms with E-state index in [1.54, 1.807) is 24.4 Å². The highest BCUT2D eigenvalue weighted by atomic mass is 35.5. The van der Waals surface area contributed by atoms with Gasteiger partial charge in [-0.15, -0.1) is 11.3 Å². The molecule has 0 fully saturated rings. The first-order valence-electron chi connectivity index (χ1n) is 9.48. The van der Waals surface area contributed by atoms with Crippen LogP contribution in [0.4, 0.5) is 28.4 Å². The van der Waals surface area contributed by atoms with Gasteiger partial charge in [-0.3, -0.25) is 9.52 Å². The molecule has 0 unspecified atom stereocenters. The van der Waals surface area contributed by atoms with Crippen molar-refractivity contribution in [3.8, 4) is 0 Å². The lowest BCUT2D eigenvalue weighted by Crippen LogP contribution is -2.46. The summed E-state index contributed by atoms with van der Waals surface area (Å²) in [5, 5.41) is 11.2. The van der Waals surface area contributed by atoms with Gasteiger partial charge in [0, 0.05) is 29.2 Å². The number of likely N-dealkylation sites (N-methyl/N-ethyl adjacent to an activating group) is 1. The maximum Gasteiger partial charge on any atom is 0.412 e. The average Bonchev–Trinajstić information content (AvgIpc) is 3.22. The third kappa shape index (κ3) is 7.04. The number of rotatable bonds is 6. The standard InChI is InChI=1S/C18H19ClF4N4O2S2.CH2O2/c1-27(2)15-4-3-10(18(21,22)23)7-14(15)25-13-9-12(20)16(8-11(13)19)31(28,29)26-17-24-5-6-30-17;2-1-3/h3,5-6,8-9,14-15,25H,4,7H2,1-2H3,(H,24,26);1H,(H,2,3)/t14-,15-;/m1./s1. The number of benzene rings is 1. The van der Waals surface area contributed by atoms with Crippen molar-refractivity contribution < 1.29 is 35.9 Å². The van der Waals surface area contributed by atoms with Crippen molar-refractivity contribution in [2.75, 3.05) is 24.1 Å². The Labute approximate surface area is 202 Å². The molecule has 2 aromatic rings. The van der Waals surface area contributed by atoms with Gasteiger partial charge in [-0.1, -0.05) is 17.7 Å². The lowest BCUT2D eigenvalue weighted by molar-refractivity contribution is -0.122. The van der Waals surface area contributed by atoms with Crippen LogP contribution in [0.3, 0.4) is 0 Å². The molecule has 0 saturated heterocycles. The van der Waals surface area contributed by atoms with Crippen LogP contribution in [0.5, 0.6) is 0 Å². The first-order chi connectivity index (χ1) is 15.8. The lowest BCUT2D eigenvalue weighted by atomic mass is 9.89. The third-order valence-electron chi connectivity index (χ3n) is 4.84. The molecule has 0 saturated carbocycles. The molecule has 1 aromatic heterocycles. The number of hydrogen-bond donors (Lipinski definition) is 3. The molecule has 1 aromatic carbocycles. The maximum atomic E-state index is 14.7. The van der Waals surface area contributed by atoms with Crippen molar-refractivity contribution in [1.29, 1.82) is 0 Å². The zero-order valence-electron chi connectivity index (χ0n) is 17.8. The highest BCUT2D eigenvalue weighted by Crippen LogP contribution is 2.37. The minimum absolute atomic E-state index is 0.00707. The number of hydrogen-bond acceptors (Lipinski definition) is 7. The summed E-state index contributed by atoms with van der Waals surface area (Å²) in [5.41, 5.74) is -0.667. The van der Waals surface area contributed by atoms with Gasteiger partial charge < -0.3 is 15.3 Å². The van der Waals surface area contributed by atoms with Gasteiger partial charge in [-0.05, 0) is 39.1 Å². The second-order valence-corrected chi connectivity index (χ2v) is 10.2. The molecule has 188 valence electrons. The Morgan fingerprint density at radius 1 is 1.32 bits per heavy atom. The van der Waals surface area contributed by atoms with Crippen LogP contribution in [0.25, 0.3) is 0 Å². The number of halogens is 5. The van der Waals surface area contributed by atoms with Crippen molar-refractivity contribution in [2.45, 2.75) is 36.0 Å². The third-order valence-corrected chi connectivity index (χ3v) is 7.33. The Bertz CT molecular complexity index is 1130. The topological polar surface area (TPSA) is 112 Å². The van der Waals surface area contributed by atoms with E-state index in [1.807, 2.05) is 0 Å². The summed E-state index contributed by atoms with van der Waals surface area (Å²) >= 11 is 7.19. The number of nitrogens with zero attached hydrogens (tertiary/aromatic N) is 2. The average molecular weight is 545 g/mol. The molecular weight excluding hydrogens is 524 g/mol. The van der Waals surface area contributed by atoms with Crippen molar-refractivity contribution in [3.63, 3.8) is 0 Å². The number of nitrogens with one attached hydrogen (secondary N) is 2. The maximum absolute atomic E-state index is 14.7. The Kier molecular flexibility index (Phi) is 9.28. The highest BCUT2D eigenvalue weighted by molar-refractivity contribution is 7.93. The second-order valence-electron chi connectivity index (χ2n) is 7.26. The fourth-order valence-electron chi connectivity index (χ4n) is 3.32. The minimum atomic E-state index is -4.47. The number of thiazole rings is 1. The predicted octanol–water partition coefficient (Wildman–Crippen LogP) is 4.43. The van der Waals surface area contributed by atoms with Gasteiger partial charge in [0.15, 0.2) is 5.13 Å². The van der Waals surface area contributed by atoms with Crippen molar-refractivity contribution in [1.82, 2.24) is 9.88 Å². The first-order valence-corrected chi connectivity index (χ1v) is 12.2. The smallest absolute Gasteiger partial charge is 0.412 e. The van der Waals surface area contributed by atoms with Crippen LogP contribution < -0.4 is 10.0 Å². The number of sulfonamides is 1. The van der Waals surface area contributed by atoms with Gasteiger partial charge in [0.1, 0.15) is 10.7 Å². The van der Waals surface area contributed by atoms with Crippen molar-refractivity contribution >= 4 is 50.3 Å². The molecule has 15 heteroatoms. The number of aromatic nitrogens is 1. The summed E-state index contributed by atoms with van der Waals surface area (Å²) in [4.78, 5) is 13.2. The Balaban J connectivity index is 0.00000129. The minimum Gasteiger partial charge on any atom is -0.483 e. The highest BCUT2D eigenvalue weighted by Gasteiger charge is 2.40. The van der Waals surface area contributed by atoms with Crippen molar-refractivity contribution in [3.05, 3.63) is 46.2 Å². The van der Waals surface area contributed by atoms with Crippen LogP contribution in [0.15, 0.2) is 40.3 Å². The molecule has 1 aliphatic rings. The molecule has 1 aliphatic carbocycles. The summed E-state index contributed by atoms with van der Waals surface area (Å²) < 4.78 is 81.3. The van der Waals surface area contributed by atoms with E-state index < -0.39 is 38.5 Å². The van der Waals surface area contributed by atoms with Crippen LogP contribution in [-0.4, -0.2) is 62.2 Å². The zero-order chi connectivity index (χ0) is 25.7. The van der Waals surface area contributed by atoms with Gasteiger partial charge in [0.25, 0.3) is 16.5 Å². The summed E-state index contributed by atoms with van der Waals surface area (Å²) in [6.07, 6.45) is -2.12. The molecule has 2 atom stereocenters. The van der Waals surface area contributed by atoms with Crippen LogP contribution >= 0.6 is 22.9 Å². The van der Waals surface area contributed by atoms with Crippen LogP contribution in [0.1, 0.15) is 12.8 Å². The van der Waals surface area contributed by atoms with E-state index >= 15 is 0 Å². The van der Waals surface area contributed by atoms with E-state index in [4.69, 9.17) is 21.5 Å². The van der Waals surface area contributed by atoms with E-state index in [2.05, 4.69) is 15.0 Å². The molecule has 3 N–H and O–H groups in total. The second kappa shape index (κ2) is 11.3. The summed E-state index contributed by atoms with van der Waals surface area (Å²) in [7, 11) is -0.834. The Hall–Kier alpha value is -2.42. The van der Waals surface area contributed by atoms with E-state index in [0.717, 1.165) is 29.5 Å². The van der Waals surface area contributed by atoms with Gasteiger partial charge >= 0.3 is 6.18 Å². The Morgan fingerprint density at radius 2 is 1.97 bits per heavy atom. The van der Waals surface area contributed by atoms with Crippen LogP contribution in [0, 0.1) is 5.82 Å². The fourth-order valence-corrected chi connectivity index (χ4v) is 5.48. The van der Waals surface area contributed by atoms with Gasteiger partial charge in [-0.2, -0.15) is 13.2 Å². The summed E-state index contributed by atoms with van der Waals surface area (Å²) in [6.45, 7) is -0.250. The number of carboxylic acid groups (broad SMARTS) is 1. The van der Waals surface area contributed by atoms with E-state index in [0.29, 0.717) is 0 Å². The van der Waals surface area contributed by atoms with Gasteiger partial charge in [0.05, 0.1) is 10.7 Å². The van der Waals surface area contributed by atoms with E-state index in [1.165, 1.54) is 6.20 Å². The lowest BCUT2D eigenvalue weighted by Gasteiger charge is -2.37. The number of carbonyl (C=O) groups is 1. The molecule has 34 heavy (non-hydrogen) atoms. The Morgan fingerprint density at radius 3 is 2.50 bits per heavy atom. The predicted molar refractivity (Wildman–Crippen MR) is 121 cm³/mol.